The number of rotatable bonds is 3. The third-order valence-corrected chi connectivity index (χ3v) is 3.60. The molecule has 1 heterocycles. The van der Waals surface area contributed by atoms with Gasteiger partial charge in [-0.15, -0.1) is 0 Å². The molecule has 0 aliphatic heterocycles. The van der Waals surface area contributed by atoms with E-state index in [2.05, 4.69) is 0 Å². The summed E-state index contributed by atoms with van der Waals surface area (Å²) in [5, 5.41) is 0.995. The average molecular weight is 285 g/mol. The van der Waals surface area contributed by atoms with Crippen LogP contribution in [-0.4, -0.2) is 7.11 Å². The van der Waals surface area contributed by atoms with Gasteiger partial charge in [-0.05, 0) is 36.2 Å². The summed E-state index contributed by atoms with van der Waals surface area (Å²) in [6, 6.07) is 12.0. The molecule has 0 bridgehead atoms. The van der Waals surface area contributed by atoms with Gasteiger partial charge >= 0.3 is 0 Å². The number of hydrogen-bond acceptors (Lipinski definition) is 3. The normalized spacial score (nSPS) is 12.6. The first-order valence-corrected chi connectivity index (χ1v) is 6.68. The van der Waals surface area contributed by atoms with E-state index >= 15 is 0 Å². The van der Waals surface area contributed by atoms with Crippen LogP contribution >= 0.6 is 0 Å². The number of halogens is 1. The van der Waals surface area contributed by atoms with Crippen LogP contribution < -0.4 is 10.5 Å². The quantitative estimate of drug-likeness (QED) is 0.793. The fourth-order valence-corrected chi connectivity index (χ4v) is 2.42. The Morgan fingerprint density at radius 1 is 1.19 bits per heavy atom. The van der Waals surface area contributed by atoms with E-state index in [4.69, 9.17) is 14.9 Å². The number of furan rings is 1. The van der Waals surface area contributed by atoms with Crippen LogP contribution in [0.5, 0.6) is 5.75 Å². The Hall–Kier alpha value is -2.33. The van der Waals surface area contributed by atoms with Crippen molar-refractivity contribution in [1.82, 2.24) is 0 Å². The first kappa shape index (κ1) is 13.6. The van der Waals surface area contributed by atoms with Gasteiger partial charge in [0, 0.05) is 5.39 Å². The molecule has 2 aromatic carbocycles. The predicted octanol–water partition coefficient (Wildman–Crippen LogP) is 3.94. The zero-order valence-corrected chi connectivity index (χ0v) is 11.9. The van der Waals surface area contributed by atoms with Gasteiger partial charge in [0.2, 0.25) is 0 Å². The highest BCUT2D eigenvalue weighted by Gasteiger charge is 2.16. The number of benzene rings is 2. The lowest BCUT2D eigenvalue weighted by atomic mass is 10.0. The van der Waals surface area contributed by atoms with E-state index in [1.54, 1.807) is 12.1 Å². The summed E-state index contributed by atoms with van der Waals surface area (Å²) >= 11 is 0. The van der Waals surface area contributed by atoms with Gasteiger partial charge in [-0.25, -0.2) is 4.39 Å². The standard InChI is InChI=1S/C17H16FNO2/c1-10-4-3-5-12-9-15(21-17(10)12)16(19)11-6-7-14(20-2)13(18)8-11/h3-9,16H,19H2,1-2H3. The third-order valence-electron chi connectivity index (χ3n) is 3.60. The predicted molar refractivity (Wildman–Crippen MR) is 79.9 cm³/mol. The number of ether oxygens (including phenoxy) is 1. The van der Waals surface area contributed by atoms with E-state index in [1.165, 1.54) is 13.2 Å². The van der Waals surface area contributed by atoms with Crippen molar-refractivity contribution >= 4 is 11.0 Å². The van der Waals surface area contributed by atoms with Gasteiger partial charge in [0.1, 0.15) is 11.3 Å². The van der Waals surface area contributed by atoms with Crippen LogP contribution in [0.25, 0.3) is 11.0 Å². The van der Waals surface area contributed by atoms with E-state index < -0.39 is 11.9 Å². The first-order valence-electron chi connectivity index (χ1n) is 6.68. The molecule has 21 heavy (non-hydrogen) atoms. The summed E-state index contributed by atoms with van der Waals surface area (Å²) in [7, 11) is 1.43. The minimum Gasteiger partial charge on any atom is -0.494 e. The van der Waals surface area contributed by atoms with Crippen molar-refractivity contribution in [2.75, 3.05) is 7.11 Å². The summed E-state index contributed by atoms with van der Waals surface area (Å²) in [6.07, 6.45) is 0. The molecule has 0 radical (unpaired) electrons. The molecule has 0 aliphatic carbocycles. The summed E-state index contributed by atoms with van der Waals surface area (Å²) < 4.78 is 24.5. The lowest BCUT2D eigenvalue weighted by molar-refractivity contribution is 0.386. The lowest BCUT2D eigenvalue weighted by Gasteiger charge is -2.10. The Morgan fingerprint density at radius 2 is 2.00 bits per heavy atom. The summed E-state index contributed by atoms with van der Waals surface area (Å²) in [5.74, 6) is 0.382. The van der Waals surface area contributed by atoms with Crippen LogP contribution in [0.15, 0.2) is 46.9 Å². The van der Waals surface area contributed by atoms with Crippen LogP contribution in [0.4, 0.5) is 4.39 Å². The van der Waals surface area contributed by atoms with E-state index in [0.29, 0.717) is 11.3 Å². The zero-order chi connectivity index (χ0) is 15.0. The van der Waals surface area contributed by atoms with Gasteiger partial charge in [-0.1, -0.05) is 24.3 Å². The molecular formula is C17H16FNO2. The van der Waals surface area contributed by atoms with Gasteiger partial charge in [0.15, 0.2) is 11.6 Å². The SMILES string of the molecule is COc1ccc(C(N)c2cc3cccc(C)c3o2)cc1F. The molecule has 0 amide bonds. The van der Waals surface area contributed by atoms with E-state index in [9.17, 15) is 4.39 Å². The summed E-state index contributed by atoms with van der Waals surface area (Å²) in [5.41, 5.74) is 8.70. The van der Waals surface area contributed by atoms with E-state index in [1.807, 2.05) is 31.2 Å². The highest BCUT2D eigenvalue weighted by molar-refractivity contribution is 5.81. The molecule has 2 N–H and O–H groups in total. The molecular weight excluding hydrogens is 269 g/mol. The Morgan fingerprint density at radius 3 is 2.67 bits per heavy atom. The molecule has 1 unspecified atom stereocenters. The Bertz CT molecular complexity index is 795. The smallest absolute Gasteiger partial charge is 0.165 e. The molecule has 108 valence electrons. The maximum atomic E-state index is 13.8. The van der Waals surface area contributed by atoms with Crippen molar-refractivity contribution in [2.45, 2.75) is 13.0 Å². The lowest BCUT2D eigenvalue weighted by Crippen LogP contribution is -2.11. The highest BCUT2D eigenvalue weighted by atomic mass is 19.1. The van der Waals surface area contributed by atoms with Crippen LogP contribution in [0.2, 0.25) is 0 Å². The summed E-state index contributed by atoms with van der Waals surface area (Å²) in [6.45, 7) is 1.98. The van der Waals surface area contributed by atoms with Crippen molar-refractivity contribution in [1.29, 1.82) is 0 Å². The van der Waals surface area contributed by atoms with Crippen LogP contribution in [-0.2, 0) is 0 Å². The van der Waals surface area contributed by atoms with Crippen molar-refractivity contribution in [3.05, 3.63) is 65.2 Å². The van der Waals surface area contributed by atoms with Gasteiger partial charge < -0.3 is 14.9 Å². The maximum absolute atomic E-state index is 13.8. The van der Waals surface area contributed by atoms with Gasteiger partial charge in [0.25, 0.3) is 0 Å². The third kappa shape index (κ3) is 2.38. The average Bonchev–Trinajstić information content (AvgIpc) is 2.92. The molecule has 1 aromatic heterocycles. The molecule has 3 nitrogen and oxygen atoms in total. The molecule has 4 heteroatoms. The number of para-hydroxylation sites is 1. The van der Waals surface area contributed by atoms with Gasteiger partial charge in [-0.2, -0.15) is 0 Å². The fourth-order valence-electron chi connectivity index (χ4n) is 2.42. The largest absolute Gasteiger partial charge is 0.494 e. The molecule has 1 atom stereocenters. The second-order valence-electron chi connectivity index (χ2n) is 5.01. The monoisotopic (exact) mass is 285 g/mol. The minimum atomic E-state index is -0.516. The molecule has 0 fully saturated rings. The van der Waals surface area contributed by atoms with Crippen molar-refractivity contribution in [3.63, 3.8) is 0 Å². The van der Waals surface area contributed by atoms with Crippen LogP contribution in [0, 0.1) is 12.7 Å². The Kier molecular flexibility index (Phi) is 3.39. The summed E-state index contributed by atoms with van der Waals surface area (Å²) in [4.78, 5) is 0. The maximum Gasteiger partial charge on any atom is 0.165 e. The second kappa shape index (κ2) is 5.22. The van der Waals surface area contributed by atoms with Crippen molar-refractivity contribution < 1.29 is 13.5 Å². The number of aryl methyl sites for hydroxylation is 1. The number of nitrogens with two attached hydrogens (primary N) is 1. The molecule has 0 aliphatic rings. The number of methoxy groups -OCH3 is 1. The first-order chi connectivity index (χ1) is 10.1. The molecule has 0 saturated carbocycles. The zero-order valence-electron chi connectivity index (χ0n) is 11.9. The minimum absolute atomic E-state index is 0.200. The Labute approximate surface area is 122 Å². The fraction of sp³-hybridized carbons (Fsp3) is 0.176. The van der Waals surface area contributed by atoms with E-state index in [0.717, 1.165) is 16.5 Å². The van der Waals surface area contributed by atoms with Crippen molar-refractivity contribution in [3.8, 4) is 5.75 Å². The Balaban J connectivity index is 2.01. The molecule has 3 rings (SSSR count). The highest BCUT2D eigenvalue weighted by Crippen LogP contribution is 2.30. The van der Waals surface area contributed by atoms with Crippen LogP contribution in [0.3, 0.4) is 0 Å². The van der Waals surface area contributed by atoms with Gasteiger partial charge in [0.05, 0.1) is 13.2 Å². The number of fused-ring (bicyclic) bond motifs is 1. The second-order valence-corrected chi connectivity index (χ2v) is 5.01. The van der Waals surface area contributed by atoms with Gasteiger partial charge in [-0.3, -0.25) is 0 Å². The molecule has 0 saturated heterocycles. The molecule has 0 spiro atoms. The van der Waals surface area contributed by atoms with Crippen molar-refractivity contribution in [2.24, 2.45) is 5.73 Å². The molecule has 3 aromatic rings. The van der Waals surface area contributed by atoms with E-state index in [-0.39, 0.29) is 5.75 Å². The topological polar surface area (TPSA) is 48.4 Å². The van der Waals surface area contributed by atoms with Crippen LogP contribution in [0.1, 0.15) is 22.9 Å². The number of hydrogen-bond donors (Lipinski definition) is 1.